The van der Waals surface area contributed by atoms with Gasteiger partial charge in [0.2, 0.25) is 10.1 Å². The zero-order valence-electron chi connectivity index (χ0n) is 7.89. The summed E-state index contributed by atoms with van der Waals surface area (Å²) in [6.07, 6.45) is 1.94. The quantitative estimate of drug-likeness (QED) is 0.735. The van der Waals surface area contributed by atoms with Crippen molar-refractivity contribution in [3.05, 3.63) is 9.90 Å². The molecular formula is C8H9IN4OS. The third-order valence-electron chi connectivity index (χ3n) is 2.28. The lowest BCUT2D eigenvalue weighted by Crippen LogP contribution is -2.36. The molecule has 3 rings (SSSR count). The van der Waals surface area contributed by atoms with Gasteiger partial charge in [-0.05, 0) is 22.6 Å². The van der Waals surface area contributed by atoms with Crippen LogP contribution in [0, 0.1) is 3.70 Å². The molecule has 0 bridgehead atoms. The number of hydrogen-bond acceptors (Lipinski definition) is 5. The molecular weight excluding hydrogens is 327 g/mol. The lowest BCUT2D eigenvalue weighted by molar-refractivity contribution is 0.122. The van der Waals surface area contributed by atoms with Crippen LogP contribution in [0.25, 0.3) is 4.96 Å². The van der Waals surface area contributed by atoms with Crippen LogP contribution in [0.3, 0.4) is 0 Å². The summed E-state index contributed by atoms with van der Waals surface area (Å²) in [4.78, 5) is 7.58. The number of ether oxygens (including phenoxy) is 1. The maximum absolute atomic E-state index is 5.31. The number of aromatic nitrogens is 3. The summed E-state index contributed by atoms with van der Waals surface area (Å²) in [6.45, 7) is 3.43. The summed E-state index contributed by atoms with van der Waals surface area (Å²) in [5, 5.41) is 5.53. The highest BCUT2D eigenvalue weighted by molar-refractivity contribution is 14.1. The Balaban J connectivity index is 1.93. The van der Waals surface area contributed by atoms with Gasteiger partial charge in [0.25, 0.3) is 0 Å². The number of halogens is 1. The molecule has 2 aromatic rings. The van der Waals surface area contributed by atoms with Gasteiger partial charge in [-0.3, -0.25) is 0 Å². The minimum atomic E-state index is 0.791. The number of anilines is 1. The second-order valence-corrected chi connectivity index (χ2v) is 5.31. The third-order valence-corrected chi connectivity index (χ3v) is 3.79. The van der Waals surface area contributed by atoms with E-state index in [-0.39, 0.29) is 0 Å². The molecule has 0 saturated carbocycles. The Hall–Kier alpha value is -0.410. The molecule has 3 heterocycles. The predicted octanol–water partition coefficient (Wildman–Crippen LogP) is 1.23. The first-order valence-corrected chi connectivity index (χ1v) is 6.57. The average Bonchev–Trinajstić information content (AvgIpc) is 2.76. The Bertz CT molecular complexity index is 444. The van der Waals surface area contributed by atoms with Crippen molar-refractivity contribution < 1.29 is 4.74 Å². The smallest absolute Gasteiger partial charge is 0.214 e. The second-order valence-electron chi connectivity index (χ2n) is 3.27. The average molecular weight is 336 g/mol. The van der Waals surface area contributed by atoms with Gasteiger partial charge < -0.3 is 9.64 Å². The molecule has 0 atom stereocenters. The normalized spacial score (nSPS) is 17.5. The fourth-order valence-electron chi connectivity index (χ4n) is 1.55. The van der Waals surface area contributed by atoms with Gasteiger partial charge in [0.05, 0.1) is 19.4 Å². The maximum Gasteiger partial charge on any atom is 0.214 e. The SMILES string of the molecule is Ic1cn2nc(N3CCOCC3)sc2n1. The first kappa shape index (κ1) is 9.79. The highest BCUT2D eigenvalue weighted by Gasteiger charge is 2.16. The van der Waals surface area contributed by atoms with Crippen LogP contribution in [-0.2, 0) is 4.74 Å². The van der Waals surface area contributed by atoms with E-state index in [0.29, 0.717) is 0 Å². The van der Waals surface area contributed by atoms with E-state index < -0.39 is 0 Å². The van der Waals surface area contributed by atoms with Gasteiger partial charge in [-0.1, -0.05) is 11.3 Å². The van der Waals surface area contributed by atoms with Gasteiger partial charge in [0, 0.05) is 13.1 Å². The second kappa shape index (κ2) is 3.87. The molecule has 1 aliphatic rings. The molecule has 15 heavy (non-hydrogen) atoms. The summed E-state index contributed by atoms with van der Waals surface area (Å²) < 4.78 is 8.14. The van der Waals surface area contributed by atoms with Crippen LogP contribution < -0.4 is 4.90 Å². The minimum Gasteiger partial charge on any atom is -0.378 e. The van der Waals surface area contributed by atoms with Gasteiger partial charge in [-0.15, -0.1) is 5.10 Å². The van der Waals surface area contributed by atoms with E-state index in [4.69, 9.17) is 4.74 Å². The summed E-state index contributed by atoms with van der Waals surface area (Å²) >= 11 is 3.83. The largest absolute Gasteiger partial charge is 0.378 e. The topological polar surface area (TPSA) is 42.7 Å². The molecule has 0 amide bonds. The van der Waals surface area contributed by atoms with Gasteiger partial charge in [-0.25, -0.2) is 9.50 Å². The lowest BCUT2D eigenvalue weighted by atomic mass is 10.5. The number of hydrogen-bond donors (Lipinski definition) is 0. The minimum absolute atomic E-state index is 0.791. The van der Waals surface area contributed by atoms with Crippen molar-refractivity contribution in [3.8, 4) is 0 Å². The Morgan fingerprint density at radius 2 is 2.20 bits per heavy atom. The van der Waals surface area contributed by atoms with Crippen molar-refractivity contribution in [3.63, 3.8) is 0 Å². The van der Waals surface area contributed by atoms with E-state index in [1.54, 1.807) is 11.3 Å². The number of fused-ring (bicyclic) bond motifs is 1. The predicted molar refractivity (Wildman–Crippen MR) is 66.6 cm³/mol. The summed E-state index contributed by atoms with van der Waals surface area (Å²) in [7, 11) is 0. The van der Waals surface area contributed by atoms with Gasteiger partial charge >= 0.3 is 0 Å². The van der Waals surface area contributed by atoms with Crippen molar-refractivity contribution in [2.45, 2.75) is 0 Å². The number of rotatable bonds is 1. The Labute approximate surface area is 104 Å². The van der Waals surface area contributed by atoms with Gasteiger partial charge in [0.1, 0.15) is 3.70 Å². The van der Waals surface area contributed by atoms with Crippen LogP contribution >= 0.6 is 33.9 Å². The fraction of sp³-hybridized carbons (Fsp3) is 0.500. The van der Waals surface area contributed by atoms with Crippen LogP contribution in [0.5, 0.6) is 0 Å². The molecule has 0 spiro atoms. The molecule has 1 fully saturated rings. The van der Waals surface area contributed by atoms with Crippen molar-refractivity contribution in [2.75, 3.05) is 31.2 Å². The van der Waals surface area contributed by atoms with E-state index in [9.17, 15) is 0 Å². The maximum atomic E-state index is 5.31. The van der Waals surface area contributed by atoms with Crippen molar-refractivity contribution in [1.29, 1.82) is 0 Å². The molecule has 80 valence electrons. The van der Waals surface area contributed by atoms with Crippen molar-refractivity contribution in [1.82, 2.24) is 14.6 Å². The molecule has 2 aromatic heterocycles. The number of nitrogens with zero attached hydrogens (tertiary/aromatic N) is 4. The summed E-state index contributed by atoms with van der Waals surface area (Å²) in [5.41, 5.74) is 0. The Kier molecular flexibility index (Phi) is 2.53. The highest BCUT2D eigenvalue weighted by atomic mass is 127. The van der Waals surface area contributed by atoms with Crippen LogP contribution in [0.2, 0.25) is 0 Å². The van der Waals surface area contributed by atoms with Crippen LogP contribution in [0.4, 0.5) is 5.13 Å². The van der Waals surface area contributed by atoms with Crippen LogP contribution in [0.1, 0.15) is 0 Å². The third kappa shape index (κ3) is 1.83. The molecule has 1 saturated heterocycles. The van der Waals surface area contributed by atoms with E-state index in [2.05, 4.69) is 37.6 Å². The Morgan fingerprint density at radius 3 is 2.93 bits per heavy atom. The molecule has 0 N–H and O–H groups in total. The highest BCUT2D eigenvalue weighted by Crippen LogP contribution is 2.24. The standard InChI is InChI=1S/C8H9IN4OS/c9-6-5-13-7(10-6)15-8(11-13)12-1-3-14-4-2-12/h5H,1-4H2. The first-order valence-electron chi connectivity index (χ1n) is 4.67. The lowest BCUT2D eigenvalue weighted by Gasteiger charge is -2.25. The van der Waals surface area contributed by atoms with E-state index in [1.807, 2.05) is 10.7 Å². The molecule has 1 aliphatic heterocycles. The molecule has 0 aliphatic carbocycles. The zero-order valence-corrected chi connectivity index (χ0v) is 10.9. The van der Waals surface area contributed by atoms with Crippen molar-refractivity contribution >= 4 is 44.0 Å². The van der Waals surface area contributed by atoms with Gasteiger partial charge in [-0.2, -0.15) is 0 Å². The Morgan fingerprint density at radius 1 is 1.40 bits per heavy atom. The van der Waals surface area contributed by atoms with E-state index in [1.165, 1.54) is 0 Å². The summed E-state index contributed by atoms with van der Waals surface area (Å²) in [5.74, 6) is 0. The molecule has 5 nitrogen and oxygen atoms in total. The zero-order chi connectivity index (χ0) is 10.3. The molecule has 0 aromatic carbocycles. The summed E-state index contributed by atoms with van der Waals surface area (Å²) in [6, 6.07) is 0. The van der Waals surface area contributed by atoms with Crippen LogP contribution in [-0.4, -0.2) is 40.9 Å². The van der Waals surface area contributed by atoms with Gasteiger partial charge in [0.15, 0.2) is 0 Å². The van der Waals surface area contributed by atoms with Crippen LogP contribution in [0.15, 0.2) is 6.20 Å². The fourth-order valence-corrected chi connectivity index (χ4v) is 3.14. The van der Waals surface area contributed by atoms with Crippen molar-refractivity contribution in [2.24, 2.45) is 0 Å². The molecule has 0 radical (unpaired) electrons. The first-order chi connectivity index (χ1) is 7.33. The number of imidazole rings is 1. The van der Waals surface area contributed by atoms with E-state index >= 15 is 0 Å². The number of morpholine rings is 1. The van der Waals surface area contributed by atoms with E-state index in [0.717, 1.165) is 40.1 Å². The monoisotopic (exact) mass is 336 g/mol. The molecule has 0 unspecified atom stereocenters. The molecule has 7 heteroatoms.